The van der Waals surface area contributed by atoms with Crippen molar-refractivity contribution in [2.75, 3.05) is 5.32 Å². The predicted molar refractivity (Wildman–Crippen MR) is 85.9 cm³/mol. The molecule has 24 heavy (non-hydrogen) atoms. The van der Waals surface area contributed by atoms with Crippen molar-refractivity contribution in [2.45, 2.75) is 19.3 Å². The number of carbonyl (C=O) groups is 1. The second-order valence-corrected chi connectivity index (χ2v) is 5.76. The summed E-state index contributed by atoms with van der Waals surface area (Å²) in [6.45, 7) is 0. The molecule has 0 aliphatic heterocycles. The van der Waals surface area contributed by atoms with Gasteiger partial charge in [0.05, 0.1) is 6.42 Å². The summed E-state index contributed by atoms with van der Waals surface area (Å²) < 4.78 is 5.26. The lowest BCUT2D eigenvalue weighted by molar-refractivity contribution is -0.117. The molecule has 7 heteroatoms. The molecule has 1 N–H and O–H groups in total. The van der Waals surface area contributed by atoms with Crippen molar-refractivity contribution < 1.29 is 9.32 Å². The van der Waals surface area contributed by atoms with Gasteiger partial charge >= 0.3 is 0 Å². The van der Waals surface area contributed by atoms with E-state index < -0.39 is 0 Å². The standard InChI is InChI=1S/C17H15N5O2/c23-17(12-5-6-12)19-13-7-3-11(4-8-13)10-15-20-16(22-24-15)14-2-1-9-18-21-14/h1-4,7-9,12H,5-6,10H2,(H,19,23). The Balaban J connectivity index is 1.42. The molecule has 0 atom stereocenters. The second-order valence-electron chi connectivity index (χ2n) is 5.76. The molecule has 1 fully saturated rings. The van der Waals surface area contributed by atoms with Crippen molar-refractivity contribution in [3.8, 4) is 11.5 Å². The van der Waals surface area contributed by atoms with Crippen LogP contribution >= 0.6 is 0 Å². The zero-order chi connectivity index (χ0) is 16.4. The monoisotopic (exact) mass is 321 g/mol. The van der Waals surface area contributed by atoms with Gasteiger partial charge in [-0.15, -0.1) is 5.10 Å². The number of carbonyl (C=O) groups excluding carboxylic acids is 1. The van der Waals surface area contributed by atoms with Gasteiger partial charge in [-0.3, -0.25) is 4.79 Å². The van der Waals surface area contributed by atoms with Gasteiger partial charge in [-0.05, 0) is 42.7 Å². The molecule has 1 saturated carbocycles. The maximum atomic E-state index is 11.7. The van der Waals surface area contributed by atoms with Gasteiger partial charge in [0.1, 0.15) is 5.69 Å². The molecule has 7 nitrogen and oxygen atoms in total. The molecule has 3 aromatic rings. The molecule has 0 spiro atoms. The fraction of sp³-hybridized carbons (Fsp3) is 0.235. The Morgan fingerprint density at radius 3 is 2.75 bits per heavy atom. The number of hydrogen-bond donors (Lipinski definition) is 1. The molecule has 2 heterocycles. The summed E-state index contributed by atoms with van der Waals surface area (Å²) in [6, 6.07) is 11.2. The van der Waals surface area contributed by atoms with Crippen LogP contribution in [0.3, 0.4) is 0 Å². The van der Waals surface area contributed by atoms with E-state index in [2.05, 4.69) is 25.7 Å². The van der Waals surface area contributed by atoms with Crippen LogP contribution < -0.4 is 5.32 Å². The molecular weight excluding hydrogens is 306 g/mol. The van der Waals surface area contributed by atoms with Crippen LogP contribution in [0.15, 0.2) is 47.1 Å². The van der Waals surface area contributed by atoms with Gasteiger partial charge in [-0.2, -0.15) is 10.1 Å². The maximum Gasteiger partial charge on any atom is 0.231 e. The topological polar surface area (TPSA) is 93.8 Å². The van der Waals surface area contributed by atoms with Crippen LogP contribution in [0.2, 0.25) is 0 Å². The Morgan fingerprint density at radius 2 is 2.04 bits per heavy atom. The Bertz CT molecular complexity index is 841. The van der Waals surface area contributed by atoms with Crippen molar-refractivity contribution in [2.24, 2.45) is 5.92 Å². The lowest BCUT2D eigenvalue weighted by Crippen LogP contribution is -2.13. The first-order valence-corrected chi connectivity index (χ1v) is 7.78. The number of aromatic nitrogens is 4. The maximum absolute atomic E-state index is 11.7. The first-order chi connectivity index (χ1) is 11.8. The van der Waals surface area contributed by atoms with Crippen LogP contribution in [0.4, 0.5) is 5.69 Å². The summed E-state index contributed by atoms with van der Waals surface area (Å²) in [7, 11) is 0. The highest BCUT2D eigenvalue weighted by Crippen LogP contribution is 2.30. The molecule has 0 bridgehead atoms. The summed E-state index contributed by atoms with van der Waals surface area (Å²) in [6.07, 6.45) is 4.10. The fourth-order valence-electron chi connectivity index (χ4n) is 2.32. The molecule has 0 radical (unpaired) electrons. The lowest BCUT2D eigenvalue weighted by Gasteiger charge is -2.04. The minimum Gasteiger partial charge on any atom is -0.339 e. The summed E-state index contributed by atoms with van der Waals surface area (Å²) in [4.78, 5) is 16.1. The Labute approximate surface area is 138 Å². The minimum absolute atomic E-state index is 0.105. The van der Waals surface area contributed by atoms with Gasteiger partial charge in [-0.25, -0.2) is 0 Å². The fourth-order valence-corrected chi connectivity index (χ4v) is 2.32. The highest BCUT2D eigenvalue weighted by molar-refractivity contribution is 5.93. The number of hydrogen-bond acceptors (Lipinski definition) is 6. The second kappa shape index (κ2) is 6.19. The van der Waals surface area contributed by atoms with Crippen LogP contribution in [0.25, 0.3) is 11.5 Å². The highest BCUT2D eigenvalue weighted by atomic mass is 16.5. The lowest BCUT2D eigenvalue weighted by atomic mass is 10.1. The van der Waals surface area contributed by atoms with Crippen molar-refractivity contribution in [1.29, 1.82) is 0 Å². The van der Waals surface area contributed by atoms with Gasteiger partial charge in [0.15, 0.2) is 0 Å². The number of benzene rings is 1. The summed E-state index contributed by atoms with van der Waals surface area (Å²) in [5.41, 5.74) is 2.40. The van der Waals surface area contributed by atoms with Crippen LogP contribution in [-0.2, 0) is 11.2 Å². The molecule has 120 valence electrons. The molecule has 1 aromatic carbocycles. The smallest absolute Gasteiger partial charge is 0.231 e. The van der Waals surface area contributed by atoms with Crippen LogP contribution in [0.5, 0.6) is 0 Å². The summed E-state index contributed by atoms with van der Waals surface area (Å²) in [5.74, 6) is 1.23. The average Bonchev–Trinajstić information content (AvgIpc) is 3.37. The minimum atomic E-state index is 0.105. The van der Waals surface area contributed by atoms with Crippen molar-refractivity contribution in [3.63, 3.8) is 0 Å². The number of nitrogens with one attached hydrogen (secondary N) is 1. The molecule has 0 saturated heterocycles. The van der Waals surface area contributed by atoms with E-state index in [1.54, 1.807) is 18.3 Å². The highest BCUT2D eigenvalue weighted by Gasteiger charge is 2.29. The number of anilines is 1. The third kappa shape index (κ3) is 3.29. The third-order valence-corrected chi connectivity index (χ3v) is 3.79. The van der Waals surface area contributed by atoms with Crippen molar-refractivity contribution >= 4 is 11.6 Å². The Morgan fingerprint density at radius 1 is 1.21 bits per heavy atom. The van der Waals surface area contributed by atoms with E-state index >= 15 is 0 Å². The number of amides is 1. The van der Waals surface area contributed by atoms with E-state index in [9.17, 15) is 4.79 Å². The van der Waals surface area contributed by atoms with Gasteiger partial charge in [0.25, 0.3) is 0 Å². The zero-order valence-corrected chi connectivity index (χ0v) is 12.8. The van der Waals surface area contributed by atoms with Gasteiger partial charge in [-0.1, -0.05) is 17.3 Å². The predicted octanol–water partition coefficient (Wildman–Crippen LogP) is 2.47. The number of rotatable bonds is 5. The average molecular weight is 321 g/mol. The molecule has 1 aliphatic carbocycles. The zero-order valence-electron chi connectivity index (χ0n) is 12.8. The van der Waals surface area contributed by atoms with E-state index in [1.807, 2.05) is 24.3 Å². The summed E-state index contributed by atoms with van der Waals surface area (Å²) >= 11 is 0. The number of nitrogens with zero attached hydrogens (tertiary/aromatic N) is 4. The first kappa shape index (κ1) is 14.5. The molecule has 4 rings (SSSR count). The Hall–Kier alpha value is -3.09. The third-order valence-electron chi connectivity index (χ3n) is 3.79. The molecule has 1 amide bonds. The van der Waals surface area contributed by atoms with Gasteiger partial charge < -0.3 is 9.84 Å². The van der Waals surface area contributed by atoms with E-state index in [1.165, 1.54) is 0 Å². The molecule has 2 aromatic heterocycles. The van der Waals surface area contributed by atoms with E-state index in [4.69, 9.17) is 4.52 Å². The quantitative estimate of drug-likeness (QED) is 0.776. The molecular formula is C17H15N5O2. The van der Waals surface area contributed by atoms with Gasteiger partial charge in [0, 0.05) is 17.8 Å². The van der Waals surface area contributed by atoms with Crippen LogP contribution in [0.1, 0.15) is 24.3 Å². The van der Waals surface area contributed by atoms with Crippen LogP contribution in [0, 0.1) is 5.92 Å². The van der Waals surface area contributed by atoms with Crippen molar-refractivity contribution in [3.05, 3.63) is 54.0 Å². The van der Waals surface area contributed by atoms with Crippen LogP contribution in [-0.4, -0.2) is 26.2 Å². The summed E-state index contributed by atoms with van der Waals surface area (Å²) in [5, 5.41) is 14.6. The first-order valence-electron chi connectivity index (χ1n) is 7.78. The SMILES string of the molecule is O=C(Nc1ccc(Cc2nc(-c3cccnn3)no2)cc1)C1CC1. The normalized spacial score (nSPS) is 13.7. The van der Waals surface area contributed by atoms with E-state index in [0.717, 1.165) is 24.1 Å². The van der Waals surface area contributed by atoms with Crippen molar-refractivity contribution in [1.82, 2.24) is 20.3 Å². The molecule has 0 unspecified atom stereocenters. The Kier molecular flexibility index (Phi) is 3.74. The molecule has 1 aliphatic rings. The van der Waals surface area contributed by atoms with Gasteiger partial charge in [0.2, 0.25) is 17.6 Å². The van der Waals surface area contributed by atoms with E-state index in [-0.39, 0.29) is 11.8 Å². The van der Waals surface area contributed by atoms with E-state index in [0.29, 0.717) is 23.8 Å². The largest absolute Gasteiger partial charge is 0.339 e.